The van der Waals surface area contributed by atoms with Gasteiger partial charge in [0.2, 0.25) is 5.78 Å². The van der Waals surface area contributed by atoms with E-state index in [-0.39, 0.29) is 11.6 Å². The number of Topliss-reactive ketones (excluding diaryl/α,β-unsaturated/α-hetero) is 2. The fourth-order valence-corrected chi connectivity index (χ4v) is 2.25. The van der Waals surface area contributed by atoms with E-state index in [1.54, 1.807) is 19.1 Å². The number of aromatic nitrogens is 2. The fourth-order valence-electron chi connectivity index (χ4n) is 2.25. The molecule has 0 amide bonds. The summed E-state index contributed by atoms with van der Waals surface area (Å²) in [6.45, 7) is 0.533. The molecule has 0 radical (unpaired) electrons. The first-order valence-electron chi connectivity index (χ1n) is 8.28. The highest BCUT2D eigenvalue weighted by molar-refractivity contribution is 6.01. The number of ketones is 2. The summed E-state index contributed by atoms with van der Waals surface area (Å²) in [5.41, 5.74) is 3.94. The molecule has 28 heavy (non-hydrogen) atoms. The SMILES string of the molecule is CCC(=O)c1ccc(OCC(=O)OCC(=O)c2c(N)n(C)c(=O)[nH]c2=O)cc1. The van der Waals surface area contributed by atoms with Crippen LogP contribution in [0.5, 0.6) is 5.75 Å². The van der Waals surface area contributed by atoms with Crippen LogP contribution in [0.15, 0.2) is 33.9 Å². The fraction of sp³-hybridized carbons (Fsp3) is 0.278. The molecule has 0 saturated heterocycles. The van der Waals surface area contributed by atoms with Gasteiger partial charge in [-0.25, -0.2) is 9.59 Å². The van der Waals surface area contributed by atoms with E-state index in [2.05, 4.69) is 0 Å². The number of hydrogen-bond acceptors (Lipinski definition) is 8. The standard InChI is InChI=1S/C18H19N3O7/c1-3-12(22)10-4-6-11(7-5-10)27-9-14(24)28-8-13(23)15-16(19)21(2)18(26)20-17(15)25/h4-7H,3,8-9,19H2,1-2H3,(H,20,25,26). The smallest absolute Gasteiger partial charge is 0.344 e. The molecule has 0 unspecified atom stereocenters. The van der Waals surface area contributed by atoms with E-state index in [9.17, 15) is 24.0 Å². The number of carbonyl (C=O) groups excluding carboxylic acids is 3. The summed E-state index contributed by atoms with van der Waals surface area (Å²) in [6.07, 6.45) is 0.378. The van der Waals surface area contributed by atoms with Gasteiger partial charge in [-0.3, -0.25) is 23.9 Å². The largest absolute Gasteiger partial charge is 0.482 e. The Labute approximate surface area is 158 Å². The van der Waals surface area contributed by atoms with Crippen LogP contribution in [0.1, 0.15) is 34.1 Å². The van der Waals surface area contributed by atoms with Crippen molar-refractivity contribution in [3.8, 4) is 5.75 Å². The zero-order valence-electron chi connectivity index (χ0n) is 15.3. The van der Waals surface area contributed by atoms with Gasteiger partial charge in [-0.05, 0) is 24.3 Å². The predicted molar refractivity (Wildman–Crippen MR) is 98.6 cm³/mol. The molecule has 1 heterocycles. The second kappa shape index (κ2) is 8.80. The first-order valence-corrected chi connectivity index (χ1v) is 8.28. The van der Waals surface area contributed by atoms with Crippen molar-refractivity contribution in [3.63, 3.8) is 0 Å². The first-order chi connectivity index (χ1) is 13.2. The highest BCUT2D eigenvalue weighted by Crippen LogP contribution is 2.13. The highest BCUT2D eigenvalue weighted by atomic mass is 16.6. The van der Waals surface area contributed by atoms with Crippen molar-refractivity contribution in [2.24, 2.45) is 7.05 Å². The summed E-state index contributed by atoms with van der Waals surface area (Å²) in [7, 11) is 1.28. The molecule has 10 heteroatoms. The number of ether oxygens (including phenoxy) is 2. The van der Waals surface area contributed by atoms with Crippen LogP contribution >= 0.6 is 0 Å². The molecule has 2 rings (SSSR count). The minimum absolute atomic E-state index is 0.0165. The molecule has 2 aromatic rings. The number of aromatic amines is 1. The number of hydrogen-bond donors (Lipinski definition) is 2. The van der Waals surface area contributed by atoms with Crippen molar-refractivity contribution < 1.29 is 23.9 Å². The van der Waals surface area contributed by atoms with Gasteiger partial charge >= 0.3 is 11.7 Å². The zero-order valence-corrected chi connectivity index (χ0v) is 15.3. The number of nitrogen functional groups attached to an aromatic ring is 1. The van der Waals surface area contributed by atoms with Crippen LogP contribution < -0.4 is 21.7 Å². The molecule has 0 fully saturated rings. The van der Waals surface area contributed by atoms with E-state index in [0.717, 1.165) is 4.57 Å². The molecule has 1 aromatic carbocycles. The van der Waals surface area contributed by atoms with Crippen molar-refractivity contribution >= 4 is 23.4 Å². The third-order valence-electron chi connectivity index (χ3n) is 3.87. The van der Waals surface area contributed by atoms with Crippen molar-refractivity contribution in [3.05, 3.63) is 56.2 Å². The van der Waals surface area contributed by atoms with Crippen LogP contribution in [-0.4, -0.2) is 40.3 Å². The maximum absolute atomic E-state index is 12.1. The molecule has 0 aliphatic rings. The summed E-state index contributed by atoms with van der Waals surface area (Å²) in [4.78, 5) is 60.5. The molecule has 0 saturated carbocycles. The Morgan fingerprint density at radius 2 is 1.71 bits per heavy atom. The number of benzene rings is 1. The average Bonchev–Trinajstić information content (AvgIpc) is 2.68. The van der Waals surface area contributed by atoms with Crippen molar-refractivity contribution in [2.75, 3.05) is 18.9 Å². The lowest BCUT2D eigenvalue weighted by molar-refractivity contribution is -0.144. The number of H-pyrrole nitrogens is 1. The van der Waals surface area contributed by atoms with E-state index in [4.69, 9.17) is 15.2 Å². The highest BCUT2D eigenvalue weighted by Gasteiger charge is 2.19. The van der Waals surface area contributed by atoms with Crippen LogP contribution in [0, 0.1) is 0 Å². The van der Waals surface area contributed by atoms with E-state index in [1.165, 1.54) is 19.2 Å². The summed E-state index contributed by atoms with van der Waals surface area (Å²) in [5, 5.41) is 0. The molecule has 3 N–H and O–H groups in total. The predicted octanol–water partition coefficient (Wildman–Crippen LogP) is 0.0534. The Hall–Kier alpha value is -3.69. The molecule has 0 aliphatic carbocycles. The van der Waals surface area contributed by atoms with Crippen molar-refractivity contribution in [1.82, 2.24) is 9.55 Å². The molecule has 0 aliphatic heterocycles. The maximum Gasteiger partial charge on any atom is 0.344 e. The zero-order chi connectivity index (χ0) is 20.8. The normalized spacial score (nSPS) is 10.4. The Kier molecular flexibility index (Phi) is 6.48. The second-order valence-electron chi connectivity index (χ2n) is 5.75. The quantitative estimate of drug-likeness (QED) is 0.475. The minimum atomic E-state index is -0.959. The summed E-state index contributed by atoms with van der Waals surface area (Å²) in [5.74, 6) is -1.70. The third kappa shape index (κ3) is 4.72. The number of rotatable bonds is 8. The summed E-state index contributed by atoms with van der Waals surface area (Å²) >= 11 is 0. The lowest BCUT2D eigenvalue weighted by Crippen LogP contribution is -2.36. The van der Waals surface area contributed by atoms with Crippen LogP contribution in [-0.2, 0) is 16.6 Å². The molecule has 0 bridgehead atoms. The number of carbonyl (C=O) groups is 3. The maximum atomic E-state index is 12.1. The van der Waals surface area contributed by atoms with Crippen LogP contribution in [0.3, 0.4) is 0 Å². The van der Waals surface area contributed by atoms with Gasteiger partial charge in [0.05, 0.1) is 0 Å². The van der Waals surface area contributed by atoms with Gasteiger partial charge in [0.25, 0.3) is 5.56 Å². The lowest BCUT2D eigenvalue weighted by Gasteiger charge is -2.09. The number of nitrogens with zero attached hydrogens (tertiary/aromatic N) is 1. The molecule has 0 spiro atoms. The van der Waals surface area contributed by atoms with E-state index in [1.807, 2.05) is 4.98 Å². The van der Waals surface area contributed by atoms with E-state index >= 15 is 0 Å². The van der Waals surface area contributed by atoms with Crippen LogP contribution in [0.25, 0.3) is 0 Å². The number of nitrogens with two attached hydrogens (primary N) is 1. The van der Waals surface area contributed by atoms with Gasteiger partial charge in [-0.1, -0.05) is 6.92 Å². The third-order valence-corrected chi connectivity index (χ3v) is 3.87. The Balaban J connectivity index is 1.92. The van der Waals surface area contributed by atoms with Gasteiger partial charge in [-0.15, -0.1) is 0 Å². The van der Waals surface area contributed by atoms with Gasteiger partial charge in [0, 0.05) is 19.0 Å². The van der Waals surface area contributed by atoms with Gasteiger partial charge in [0.1, 0.15) is 17.1 Å². The summed E-state index contributed by atoms with van der Waals surface area (Å²) in [6, 6.07) is 6.22. The minimum Gasteiger partial charge on any atom is -0.482 e. The van der Waals surface area contributed by atoms with Gasteiger partial charge in [0.15, 0.2) is 19.0 Å². The topological polar surface area (TPSA) is 151 Å². The molecular formula is C18H19N3O7. The van der Waals surface area contributed by atoms with Crippen molar-refractivity contribution in [1.29, 1.82) is 0 Å². The first kappa shape index (κ1) is 20.6. The molecular weight excluding hydrogens is 370 g/mol. The van der Waals surface area contributed by atoms with Crippen molar-refractivity contribution in [2.45, 2.75) is 13.3 Å². The Morgan fingerprint density at radius 3 is 2.32 bits per heavy atom. The van der Waals surface area contributed by atoms with Crippen LogP contribution in [0.2, 0.25) is 0 Å². The van der Waals surface area contributed by atoms with E-state index in [0.29, 0.717) is 17.7 Å². The Morgan fingerprint density at radius 1 is 1.07 bits per heavy atom. The van der Waals surface area contributed by atoms with Crippen LogP contribution in [0.4, 0.5) is 5.82 Å². The molecule has 1 aromatic heterocycles. The number of nitrogens with one attached hydrogen (secondary N) is 1. The lowest BCUT2D eigenvalue weighted by atomic mass is 10.1. The Bertz CT molecular complexity index is 1020. The summed E-state index contributed by atoms with van der Waals surface area (Å²) < 4.78 is 10.9. The van der Waals surface area contributed by atoms with Gasteiger partial charge in [-0.2, -0.15) is 0 Å². The molecule has 10 nitrogen and oxygen atoms in total. The monoisotopic (exact) mass is 389 g/mol. The molecule has 0 atom stereocenters. The van der Waals surface area contributed by atoms with E-state index < -0.39 is 41.8 Å². The number of anilines is 1. The van der Waals surface area contributed by atoms with Gasteiger partial charge < -0.3 is 15.2 Å². The number of esters is 1. The second-order valence-corrected chi connectivity index (χ2v) is 5.75. The average molecular weight is 389 g/mol. The molecule has 148 valence electrons.